The highest BCUT2D eigenvalue weighted by Gasteiger charge is 2.24. The van der Waals surface area contributed by atoms with Crippen molar-refractivity contribution in [1.82, 2.24) is 4.31 Å². The molecule has 0 unspecified atom stereocenters. The molecule has 0 bridgehead atoms. The third-order valence-corrected chi connectivity index (χ3v) is 6.13. The lowest BCUT2D eigenvalue weighted by molar-refractivity contribution is 0.102. The van der Waals surface area contributed by atoms with Gasteiger partial charge in [0.1, 0.15) is 5.75 Å². The fraction of sp³-hybridized carbons (Fsp3) is 0.350. The van der Waals surface area contributed by atoms with Gasteiger partial charge in [-0.15, -0.1) is 0 Å². The van der Waals surface area contributed by atoms with E-state index in [1.807, 2.05) is 13.0 Å². The molecular formula is C20H26N2O4S. The highest BCUT2D eigenvalue weighted by atomic mass is 32.2. The average molecular weight is 391 g/mol. The van der Waals surface area contributed by atoms with Crippen molar-refractivity contribution in [3.05, 3.63) is 54.1 Å². The first-order valence-corrected chi connectivity index (χ1v) is 10.3. The summed E-state index contributed by atoms with van der Waals surface area (Å²) in [5.41, 5.74) is 0.807. The fourth-order valence-electron chi connectivity index (χ4n) is 2.34. The Kier molecular flexibility index (Phi) is 6.98. The molecule has 0 spiro atoms. The van der Waals surface area contributed by atoms with Gasteiger partial charge in [-0.05, 0) is 50.6 Å². The fourth-order valence-corrected chi connectivity index (χ4v) is 3.76. The number of nitrogens with one attached hydrogen (secondary N) is 1. The quantitative estimate of drug-likeness (QED) is 0.745. The van der Waals surface area contributed by atoms with Crippen molar-refractivity contribution in [3.8, 4) is 5.75 Å². The molecule has 2 aromatic carbocycles. The summed E-state index contributed by atoms with van der Waals surface area (Å²) in [7, 11) is -2.14. The molecule has 0 saturated carbocycles. The molecule has 0 radical (unpaired) electrons. The summed E-state index contributed by atoms with van der Waals surface area (Å²) in [5.74, 6) is 0.183. The van der Waals surface area contributed by atoms with Crippen LogP contribution in [0.25, 0.3) is 0 Å². The Morgan fingerprint density at radius 1 is 1.15 bits per heavy atom. The van der Waals surface area contributed by atoms with Gasteiger partial charge in [0.25, 0.3) is 5.91 Å². The monoisotopic (exact) mass is 390 g/mol. The number of hydrogen-bond acceptors (Lipinski definition) is 4. The number of amides is 1. The van der Waals surface area contributed by atoms with Crippen molar-refractivity contribution in [2.24, 2.45) is 0 Å². The molecule has 1 amide bonds. The average Bonchev–Trinajstić information content (AvgIpc) is 2.66. The largest absolute Gasteiger partial charge is 0.491 e. The number of carbonyl (C=O) groups excluding carboxylic acids is 1. The van der Waals surface area contributed by atoms with Crippen LogP contribution in [-0.2, 0) is 10.0 Å². The number of carbonyl (C=O) groups is 1. The molecule has 0 atom stereocenters. The predicted octanol–water partition coefficient (Wildman–Crippen LogP) is 3.76. The zero-order chi connectivity index (χ0) is 20.0. The molecule has 146 valence electrons. The second kappa shape index (κ2) is 9.01. The Bertz CT molecular complexity index is 894. The summed E-state index contributed by atoms with van der Waals surface area (Å²) < 4.78 is 32.2. The first-order valence-electron chi connectivity index (χ1n) is 8.88. The maximum atomic E-state index is 12.7. The van der Waals surface area contributed by atoms with Crippen LogP contribution in [0.1, 0.15) is 37.6 Å². The first kappa shape index (κ1) is 20.9. The van der Waals surface area contributed by atoms with Gasteiger partial charge in [-0.1, -0.05) is 25.1 Å². The molecule has 0 aromatic heterocycles. The van der Waals surface area contributed by atoms with Crippen LogP contribution in [0.3, 0.4) is 0 Å². The van der Waals surface area contributed by atoms with Gasteiger partial charge in [0.05, 0.1) is 17.2 Å². The van der Waals surface area contributed by atoms with Crippen LogP contribution < -0.4 is 10.1 Å². The molecule has 1 N–H and O–H groups in total. The Morgan fingerprint density at radius 3 is 2.52 bits per heavy atom. The number of sulfonamides is 1. The molecule has 0 heterocycles. The molecule has 27 heavy (non-hydrogen) atoms. The van der Waals surface area contributed by atoms with E-state index in [0.29, 0.717) is 18.0 Å². The van der Waals surface area contributed by atoms with E-state index in [1.165, 1.54) is 23.5 Å². The van der Waals surface area contributed by atoms with Gasteiger partial charge in [0.2, 0.25) is 10.0 Å². The highest BCUT2D eigenvalue weighted by Crippen LogP contribution is 2.25. The Labute approximate surface area is 161 Å². The number of para-hydroxylation sites is 2. The van der Waals surface area contributed by atoms with E-state index in [4.69, 9.17) is 4.74 Å². The number of ether oxygens (including phenoxy) is 1. The van der Waals surface area contributed by atoms with E-state index in [0.717, 1.165) is 6.42 Å². The van der Waals surface area contributed by atoms with E-state index in [-0.39, 0.29) is 16.5 Å². The van der Waals surface area contributed by atoms with E-state index in [9.17, 15) is 13.2 Å². The van der Waals surface area contributed by atoms with E-state index in [2.05, 4.69) is 5.32 Å². The van der Waals surface area contributed by atoms with Gasteiger partial charge in [-0.25, -0.2) is 8.42 Å². The van der Waals surface area contributed by atoms with Gasteiger partial charge in [-0.2, -0.15) is 4.31 Å². The molecule has 0 aliphatic rings. The van der Waals surface area contributed by atoms with Crippen molar-refractivity contribution in [1.29, 1.82) is 0 Å². The predicted molar refractivity (Wildman–Crippen MR) is 107 cm³/mol. The van der Waals surface area contributed by atoms with Crippen molar-refractivity contribution in [2.45, 2.75) is 38.1 Å². The molecule has 0 aliphatic heterocycles. The molecule has 7 heteroatoms. The van der Waals surface area contributed by atoms with Crippen LogP contribution in [0.2, 0.25) is 0 Å². The van der Waals surface area contributed by atoms with Crippen molar-refractivity contribution < 1.29 is 17.9 Å². The SMILES string of the molecule is CCCOc1ccccc1NC(=O)c1cccc(S(=O)(=O)N(C)C(C)C)c1. The van der Waals surface area contributed by atoms with Crippen LogP contribution in [-0.4, -0.2) is 38.3 Å². The normalized spacial score (nSPS) is 11.6. The third kappa shape index (κ3) is 5.08. The minimum Gasteiger partial charge on any atom is -0.491 e. The van der Waals surface area contributed by atoms with E-state index in [1.54, 1.807) is 44.2 Å². The van der Waals surface area contributed by atoms with Crippen LogP contribution >= 0.6 is 0 Å². The molecule has 6 nitrogen and oxygen atoms in total. The molecule has 0 aliphatic carbocycles. The summed E-state index contributed by atoms with van der Waals surface area (Å²) in [6, 6.07) is 13.0. The van der Waals surface area contributed by atoms with Crippen molar-refractivity contribution in [3.63, 3.8) is 0 Å². The van der Waals surface area contributed by atoms with Crippen LogP contribution in [0.4, 0.5) is 5.69 Å². The molecular weight excluding hydrogens is 364 g/mol. The summed E-state index contributed by atoms with van der Waals surface area (Å²) in [6.07, 6.45) is 0.853. The number of benzene rings is 2. The van der Waals surface area contributed by atoms with Gasteiger partial charge in [0.15, 0.2) is 0 Å². The van der Waals surface area contributed by atoms with E-state index >= 15 is 0 Å². The minimum absolute atomic E-state index is 0.0851. The standard InChI is InChI=1S/C20H26N2O4S/c1-5-13-26-19-12-7-6-11-18(19)21-20(23)16-9-8-10-17(14-16)27(24,25)22(4)15(2)3/h6-12,14-15H,5,13H2,1-4H3,(H,21,23). The summed E-state index contributed by atoms with van der Waals surface area (Å²) >= 11 is 0. The molecule has 0 saturated heterocycles. The lowest BCUT2D eigenvalue weighted by atomic mass is 10.2. The molecule has 2 aromatic rings. The highest BCUT2D eigenvalue weighted by molar-refractivity contribution is 7.89. The number of anilines is 1. The van der Waals surface area contributed by atoms with Crippen molar-refractivity contribution >= 4 is 21.6 Å². The molecule has 2 rings (SSSR count). The second-order valence-corrected chi connectivity index (χ2v) is 8.44. The van der Waals surface area contributed by atoms with Crippen LogP contribution in [0.15, 0.2) is 53.4 Å². The first-order chi connectivity index (χ1) is 12.8. The number of hydrogen-bond donors (Lipinski definition) is 1. The van der Waals surface area contributed by atoms with Gasteiger partial charge >= 0.3 is 0 Å². The topological polar surface area (TPSA) is 75.7 Å². The number of rotatable bonds is 8. The Balaban J connectivity index is 2.27. The van der Waals surface area contributed by atoms with Gasteiger partial charge < -0.3 is 10.1 Å². The molecule has 0 fully saturated rings. The van der Waals surface area contributed by atoms with E-state index < -0.39 is 15.9 Å². The summed E-state index contributed by atoms with van der Waals surface area (Å²) in [4.78, 5) is 12.7. The van der Waals surface area contributed by atoms with Crippen LogP contribution in [0, 0.1) is 0 Å². The van der Waals surface area contributed by atoms with Crippen LogP contribution in [0.5, 0.6) is 5.75 Å². The Hall–Kier alpha value is -2.38. The zero-order valence-corrected chi connectivity index (χ0v) is 16.9. The van der Waals surface area contributed by atoms with Gasteiger partial charge in [0, 0.05) is 18.7 Å². The smallest absolute Gasteiger partial charge is 0.255 e. The minimum atomic E-state index is -3.66. The Morgan fingerprint density at radius 2 is 1.85 bits per heavy atom. The summed E-state index contributed by atoms with van der Waals surface area (Å²) in [5, 5.41) is 2.79. The third-order valence-electron chi connectivity index (χ3n) is 4.10. The number of nitrogens with zero attached hydrogens (tertiary/aromatic N) is 1. The van der Waals surface area contributed by atoms with Crippen molar-refractivity contribution in [2.75, 3.05) is 19.0 Å². The van der Waals surface area contributed by atoms with Gasteiger partial charge in [-0.3, -0.25) is 4.79 Å². The lowest BCUT2D eigenvalue weighted by Crippen LogP contribution is -2.33. The zero-order valence-electron chi connectivity index (χ0n) is 16.1. The lowest BCUT2D eigenvalue weighted by Gasteiger charge is -2.21. The maximum Gasteiger partial charge on any atom is 0.255 e. The summed E-state index contributed by atoms with van der Waals surface area (Å²) in [6.45, 7) is 6.13. The maximum absolute atomic E-state index is 12.7. The second-order valence-electron chi connectivity index (χ2n) is 6.44.